The second kappa shape index (κ2) is 8.31. The van der Waals surface area contributed by atoms with Gasteiger partial charge in [-0.2, -0.15) is 0 Å². The molecule has 3 amide bonds. The van der Waals surface area contributed by atoms with Crippen molar-refractivity contribution in [2.24, 2.45) is 0 Å². The first-order valence-electron chi connectivity index (χ1n) is 9.73. The van der Waals surface area contributed by atoms with Crippen molar-refractivity contribution in [1.29, 1.82) is 0 Å². The first kappa shape index (κ1) is 20.0. The predicted molar refractivity (Wildman–Crippen MR) is 117 cm³/mol. The van der Waals surface area contributed by atoms with Crippen LogP contribution < -0.4 is 14.8 Å². The van der Waals surface area contributed by atoms with Gasteiger partial charge in [0, 0.05) is 13.1 Å². The third kappa shape index (κ3) is 3.87. The molecule has 0 spiro atoms. The van der Waals surface area contributed by atoms with Gasteiger partial charge in [0.2, 0.25) is 6.79 Å². The summed E-state index contributed by atoms with van der Waals surface area (Å²) in [7, 11) is 0. The number of benzene rings is 2. The summed E-state index contributed by atoms with van der Waals surface area (Å²) in [4.78, 5) is 47.3. The van der Waals surface area contributed by atoms with Crippen LogP contribution in [-0.4, -0.2) is 51.8 Å². The predicted octanol–water partition coefficient (Wildman–Crippen LogP) is 2.82. The SMILES string of the molecule is O=C(NCCN1C(=O)S/C(=C\c2ccc3c(c2)OCO3)C1=O)c1cnc2ccccc2n1. The third-order valence-corrected chi connectivity index (χ3v) is 5.78. The number of hydrogen-bond acceptors (Lipinski definition) is 8. The van der Waals surface area contributed by atoms with Gasteiger partial charge >= 0.3 is 0 Å². The fourth-order valence-corrected chi connectivity index (χ4v) is 4.15. The van der Waals surface area contributed by atoms with Crippen LogP contribution in [0.2, 0.25) is 0 Å². The van der Waals surface area contributed by atoms with Gasteiger partial charge in [-0.25, -0.2) is 4.98 Å². The number of nitrogens with one attached hydrogen (secondary N) is 1. The summed E-state index contributed by atoms with van der Waals surface area (Å²) in [6, 6.07) is 12.5. The van der Waals surface area contributed by atoms with E-state index in [0.29, 0.717) is 27.4 Å². The number of nitrogens with zero attached hydrogens (tertiary/aromatic N) is 3. The molecule has 5 rings (SSSR count). The molecule has 1 fully saturated rings. The van der Waals surface area contributed by atoms with Crippen LogP contribution >= 0.6 is 11.8 Å². The Balaban J connectivity index is 1.21. The molecule has 9 nitrogen and oxygen atoms in total. The number of ether oxygens (including phenoxy) is 2. The molecule has 3 aromatic rings. The van der Waals surface area contributed by atoms with E-state index in [4.69, 9.17) is 9.47 Å². The smallest absolute Gasteiger partial charge is 0.293 e. The topological polar surface area (TPSA) is 111 Å². The van der Waals surface area contributed by atoms with Gasteiger partial charge in [0.25, 0.3) is 17.1 Å². The summed E-state index contributed by atoms with van der Waals surface area (Å²) in [5.41, 5.74) is 2.19. The monoisotopic (exact) mass is 448 g/mol. The van der Waals surface area contributed by atoms with Crippen LogP contribution in [0.15, 0.2) is 53.6 Å². The van der Waals surface area contributed by atoms with E-state index < -0.39 is 11.8 Å². The Morgan fingerprint density at radius 1 is 1.12 bits per heavy atom. The summed E-state index contributed by atoms with van der Waals surface area (Å²) in [5, 5.41) is 2.29. The average Bonchev–Trinajstić information content (AvgIpc) is 3.38. The highest BCUT2D eigenvalue weighted by molar-refractivity contribution is 8.18. The zero-order chi connectivity index (χ0) is 22.1. The molecule has 0 bridgehead atoms. The maximum Gasteiger partial charge on any atom is 0.293 e. The van der Waals surface area contributed by atoms with E-state index in [0.717, 1.165) is 22.2 Å². The molecule has 0 saturated carbocycles. The first-order chi connectivity index (χ1) is 15.6. The summed E-state index contributed by atoms with van der Waals surface area (Å²) in [6.07, 6.45) is 3.03. The fraction of sp³-hybridized carbons (Fsp3) is 0.136. The molecule has 1 saturated heterocycles. The van der Waals surface area contributed by atoms with Crippen molar-refractivity contribution < 1.29 is 23.9 Å². The summed E-state index contributed by atoms with van der Waals surface area (Å²) in [6.45, 7) is 0.310. The zero-order valence-corrected chi connectivity index (χ0v) is 17.4. The van der Waals surface area contributed by atoms with Crippen LogP contribution in [0.4, 0.5) is 4.79 Å². The minimum Gasteiger partial charge on any atom is -0.454 e. The number of carbonyl (C=O) groups is 3. The number of hydrogen-bond donors (Lipinski definition) is 1. The molecule has 32 heavy (non-hydrogen) atoms. The highest BCUT2D eigenvalue weighted by Crippen LogP contribution is 2.36. The molecule has 2 aromatic carbocycles. The van der Waals surface area contributed by atoms with Crippen LogP contribution in [0.25, 0.3) is 17.1 Å². The molecular formula is C22H16N4O5S. The lowest BCUT2D eigenvalue weighted by Crippen LogP contribution is -2.37. The van der Waals surface area contributed by atoms with Gasteiger partial charge in [0.15, 0.2) is 11.5 Å². The van der Waals surface area contributed by atoms with Crippen LogP contribution in [0.1, 0.15) is 16.1 Å². The van der Waals surface area contributed by atoms with Crippen molar-refractivity contribution in [1.82, 2.24) is 20.2 Å². The first-order valence-corrected chi connectivity index (χ1v) is 10.6. The summed E-state index contributed by atoms with van der Waals surface area (Å²) in [5.74, 6) is 0.406. The minimum absolute atomic E-state index is 0.0515. The molecule has 2 aliphatic heterocycles. The van der Waals surface area contributed by atoms with Crippen LogP contribution in [0, 0.1) is 0 Å². The second-order valence-electron chi connectivity index (χ2n) is 6.95. The number of carbonyl (C=O) groups excluding carboxylic acids is 3. The normalized spacial score (nSPS) is 16.2. The van der Waals surface area contributed by atoms with Crippen molar-refractivity contribution in [2.45, 2.75) is 0 Å². The van der Waals surface area contributed by atoms with E-state index in [1.807, 2.05) is 12.1 Å². The third-order valence-electron chi connectivity index (χ3n) is 4.87. The minimum atomic E-state index is -0.425. The number of para-hydroxylation sites is 2. The lowest BCUT2D eigenvalue weighted by Gasteiger charge is -2.12. The summed E-state index contributed by atoms with van der Waals surface area (Å²) < 4.78 is 10.6. The van der Waals surface area contributed by atoms with Gasteiger partial charge in [-0.15, -0.1) is 0 Å². The molecule has 1 N–H and O–H groups in total. The number of thioether (sulfide) groups is 1. The van der Waals surface area contributed by atoms with Gasteiger partial charge in [0.1, 0.15) is 5.69 Å². The molecule has 0 radical (unpaired) electrons. The van der Waals surface area contributed by atoms with E-state index >= 15 is 0 Å². The van der Waals surface area contributed by atoms with Crippen molar-refractivity contribution in [3.05, 3.63) is 64.8 Å². The lowest BCUT2D eigenvalue weighted by atomic mass is 10.2. The van der Waals surface area contributed by atoms with Gasteiger partial charge in [-0.3, -0.25) is 24.3 Å². The maximum absolute atomic E-state index is 12.7. The quantitative estimate of drug-likeness (QED) is 0.594. The Labute approximate surface area is 186 Å². The van der Waals surface area contributed by atoms with Crippen molar-refractivity contribution in [2.75, 3.05) is 19.9 Å². The highest BCUT2D eigenvalue weighted by atomic mass is 32.2. The Kier molecular flexibility index (Phi) is 5.20. The highest BCUT2D eigenvalue weighted by Gasteiger charge is 2.34. The number of rotatable bonds is 5. The van der Waals surface area contributed by atoms with Crippen molar-refractivity contribution in [3.8, 4) is 11.5 Å². The maximum atomic E-state index is 12.7. The second-order valence-corrected chi connectivity index (χ2v) is 7.94. The lowest BCUT2D eigenvalue weighted by molar-refractivity contribution is -0.122. The van der Waals surface area contributed by atoms with Crippen LogP contribution in [-0.2, 0) is 4.79 Å². The van der Waals surface area contributed by atoms with E-state index in [-0.39, 0.29) is 30.8 Å². The molecular weight excluding hydrogens is 432 g/mol. The number of aromatic nitrogens is 2. The molecule has 10 heteroatoms. The Morgan fingerprint density at radius 2 is 1.94 bits per heavy atom. The van der Waals surface area contributed by atoms with Crippen LogP contribution in [0.5, 0.6) is 11.5 Å². The average molecular weight is 448 g/mol. The van der Waals surface area contributed by atoms with E-state index in [2.05, 4.69) is 15.3 Å². The molecule has 3 heterocycles. The number of fused-ring (bicyclic) bond motifs is 2. The molecule has 1 aromatic heterocycles. The Bertz CT molecular complexity index is 1290. The Hall–Kier alpha value is -3.92. The Morgan fingerprint density at radius 3 is 2.81 bits per heavy atom. The van der Waals surface area contributed by atoms with Crippen molar-refractivity contribution in [3.63, 3.8) is 0 Å². The van der Waals surface area contributed by atoms with Gasteiger partial charge in [-0.05, 0) is 47.7 Å². The van der Waals surface area contributed by atoms with E-state index in [1.165, 1.54) is 6.20 Å². The molecule has 0 unspecified atom stereocenters. The fourth-order valence-electron chi connectivity index (χ4n) is 3.29. The van der Waals surface area contributed by atoms with Gasteiger partial charge in [0.05, 0.1) is 22.1 Å². The van der Waals surface area contributed by atoms with Gasteiger partial charge in [-0.1, -0.05) is 18.2 Å². The molecule has 160 valence electrons. The standard InChI is InChI=1S/C22H16N4O5S/c27-20(16-11-24-14-3-1-2-4-15(14)25-16)23-7-8-26-21(28)19(32-22(26)29)10-13-5-6-17-18(9-13)31-12-30-17/h1-6,9-11H,7-8,12H2,(H,23,27)/b19-10-. The van der Waals surface area contributed by atoms with Crippen LogP contribution in [0.3, 0.4) is 0 Å². The van der Waals surface area contributed by atoms with E-state index in [9.17, 15) is 14.4 Å². The van der Waals surface area contributed by atoms with E-state index in [1.54, 1.807) is 36.4 Å². The molecule has 0 atom stereocenters. The van der Waals surface area contributed by atoms with Gasteiger partial charge < -0.3 is 14.8 Å². The summed E-state index contributed by atoms with van der Waals surface area (Å²) >= 11 is 0.858. The zero-order valence-electron chi connectivity index (χ0n) is 16.6. The number of imide groups is 1. The molecule has 2 aliphatic rings. The molecule has 0 aliphatic carbocycles. The largest absolute Gasteiger partial charge is 0.454 e. The number of amides is 3. The van der Waals surface area contributed by atoms with Crippen molar-refractivity contribution >= 4 is 45.9 Å².